The van der Waals surface area contributed by atoms with E-state index in [2.05, 4.69) is 11.2 Å². The Balaban J connectivity index is 3.15. The minimum absolute atomic E-state index is 0.0804. The monoisotopic (exact) mass is 216 g/mol. The van der Waals surface area contributed by atoms with Crippen molar-refractivity contribution in [3.05, 3.63) is 0 Å². The minimum atomic E-state index is -0.111. The first-order chi connectivity index (χ1) is 6.81. The Morgan fingerprint density at radius 2 is 2.43 bits per heavy atom. The second-order valence-electron chi connectivity index (χ2n) is 2.45. The Morgan fingerprint density at radius 3 is 3.07 bits per heavy atom. The second-order valence-corrected chi connectivity index (χ2v) is 3.55. The van der Waals surface area contributed by atoms with Crippen LogP contribution in [-0.4, -0.2) is 43.7 Å². The molecule has 0 saturated heterocycles. The van der Waals surface area contributed by atoms with E-state index in [0.717, 1.165) is 5.75 Å². The van der Waals surface area contributed by atoms with Gasteiger partial charge in [0.25, 0.3) is 0 Å². The highest BCUT2D eigenvalue weighted by Crippen LogP contribution is 1.94. The van der Waals surface area contributed by atoms with Crippen molar-refractivity contribution in [2.24, 2.45) is 5.73 Å². The van der Waals surface area contributed by atoms with Crippen LogP contribution in [-0.2, 0) is 9.53 Å². The summed E-state index contributed by atoms with van der Waals surface area (Å²) in [5.41, 5.74) is 5.19. The third-order valence-electron chi connectivity index (χ3n) is 1.25. The van der Waals surface area contributed by atoms with E-state index in [0.29, 0.717) is 25.4 Å². The summed E-state index contributed by atoms with van der Waals surface area (Å²) >= 11 is 1.61. The van der Waals surface area contributed by atoms with Gasteiger partial charge in [-0.1, -0.05) is 5.92 Å². The highest BCUT2D eigenvalue weighted by molar-refractivity contribution is 7.99. The van der Waals surface area contributed by atoms with Gasteiger partial charge in [0, 0.05) is 18.8 Å². The van der Waals surface area contributed by atoms with Crippen molar-refractivity contribution >= 4 is 17.7 Å². The zero-order valence-electron chi connectivity index (χ0n) is 8.12. The fourth-order valence-electron chi connectivity index (χ4n) is 0.693. The normalized spacial score (nSPS) is 9.43. The van der Waals surface area contributed by atoms with Crippen LogP contribution in [0.3, 0.4) is 0 Å². The van der Waals surface area contributed by atoms with Crippen molar-refractivity contribution in [2.75, 3.05) is 37.8 Å². The highest BCUT2D eigenvalue weighted by Gasteiger charge is 1.98. The molecule has 4 nitrogen and oxygen atoms in total. The summed E-state index contributed by atoms with van der Waals surface area (Å²) in [6.07, 6.45) is 5.06. The number of carbonyl (C=O) groups excluding carboxylic acids is 1. The summed E-state index contributed by atoms with van der Waals surface area (Å²) in [5, 5.41) is 2.71. The van der Waals surface area contributed by atoms with Gasteiger partial charge in [0.15, 0.2) is 0 Å². The number of nitrogens with one attached hydrogen (secondary N) is 1. The van der Waals surface area contributed by atoms with E-state index in [4.69, 9.17) is 16.9 Å². The molecule has 14 heavy (non-hydrogen) atoms. The number of nitrogens with two attached hydrogens (primary N) is 1. The van der Waals surface area contributed by atoms with Crippen LogP contribution in [0.5, 0.6) is 0 Å². The molecule has 0 aliphatic carbocycles. The molecule has 0 radical (unpaired) electrons. The number of amides is 1. The zero-order valence-corrected chi connectivity index (χ0v) is 8.94. The molecule has 0 aliphatic heterocycles. The molecule has 0 fully saturated rings. The molecule has 0 spiro atoms. The predicted octanol–water partition coefficient (Wildman–Crippen LogP) is -0.556. The Kier molecular flexibility index (Phi) is 9.86. The summed E-state index contributed by atoms with van der Waals surface area (Å²) in [5.74, 6) is 3.90. The number of hydrogen-bond donors (Lipinski definition) is 2. The Hall–Kier alpha value is -0.700. The molecule has 0 rings (SSSR count). The van der Waals surface area contributed by atoms with Crippen LogP contribution >= 0.6 is 11.8 Å². The van der Waals surface area contributed by atoms with E-state index in [1.165, 1.54) is 0 Å². The lowest BCUT2D eigenvalue weighted by molar-refractivity contribution is -0.125. The second kappa shape index (κ2) is 10.4. The maximum atomic E-state index is 11.0. The van der Waals surface area contributed by atoms with Crippen molar-refractivity contribution < 1.29 is 9.53 Å². The van der Waals surface area contributed by atoms with Gasteiger partial charge in [-0.15, -0.1) is 18.2 Å². The Bertz CT molecular complexity index is 192. The van der Waals surface area contributed by atoms with Gasteiger partial charge in [-0.25, -0.2) is 0 Å². The molecule has 0 unspecified atom stereocenters. The molecule has 0 aromatic heterocycles. The number of carbonyl (C=O) groups is 1. The van der Waals surface area contributed by atoms with Gasteiger partial charge in [-0.3, -0.25) is 4.79 Å². The molecule has 0 aromatic carbocycles. The molecule has 0 heterocycles. The zero-order chi connectivity index (χ0) is 10.6. The van der Waals surface area contributed by atoms with Gasteiger partial charge in [0.05, 0.1) is 12.4 Å². The fourth-order valence-corrected chi connectivity index (χ4v) is 1.20. The van der Waals surface area contributed by atoms with E-state index < -0.39 is 0 Å². The standard InChI is InChI=1S/C9H16N2O2S/c1-2-6-14-7-4-11-9(12)8-13-5-3-10/h1H,3-8,10H2,(H,11,12). The Labute approximate surface area is 88.9 Å². The van der Waals surface area contributed by atoms with Crippen LogP contribution < -0.4 is 11.1 Å². The van der Waals surface area contributed by atoms with Crippen LogP contribution in [0.15, 0.2) is 0 Å². The minimum Gasteiger partial charge on any atom is -0.370 e. The summed E-state index contributed by atoms with van der Waals surface area (Å²) < 4.78 is 4.95. The quantitative estimate of drug-likeness (QED) is 0.422. The SMILES string of the molecule is C#CCSCCNC(=O)COCCN. The maximum absolute atomic E-state index is 11.0. The molecule has 5 heteroatoms. The third-order valence-corrected chi connectivity index (χ3v) is 2.11. The van der Waals surface area contributed by atoms with E-state index in [9.17, 15) is 4.79 Å². The first-order valence-corrected chi connectivity index (χ1v) is 5.52. The lowest BCUT2D eigenvalue weighted by Gasteiger charge is -2.04. The van der Waals surface area contributed by atoms with E-state index in [-0.39, 0.29) is 12.5 Å². The van der Waals surface area contributed by atoms with Crippen molar-refractivity contribution in [3.63, 3.8) is 0 Å². The molecular formula is C9H16N2O2S. The summed E-state index contributed by atoms with van der Waals surface area (Å²) in [4.78, 5) is 11.0. The number of rotatable bonds is 8. The summed E-state index contributed by atoms with van der Waals surface area (Å²) in [7, 11) is 0. The van der Waals surface area contributed by atoms with Crippen LogP contribution in [0.1, 0.15) is 0 Å². The van der Waals surface area contributed by atoms with E-state index in [1.807, 2.05) is 0 Å². The topological polar surface area (TPSA) is 64.3 Å². The van der Waals surface area contributed by atoms with Crippen LogP contribution in [0.4, 0.5) is 0 Å². The molecule has 3 N–H and O–H groups in total. The lowest BCUT2D eigenvalue weighted by Crippen LogP contribution is -2.30. The first kappa shape index (κ1) is 13.3. The molecule has 0 aromatic rings. The predicted molar refractivity (Wildman–Crippen MR) is 59.0 cm³/mol. The van der Waals surface area contributed by atoms with E-state index in [1.54, 1.807) is 11.8 Å². The van der Waals surface area contributed by atoms with Crippen LogP contribution in [0, 0.1) is 12.3 Å². The number of ether oxygens (including phenoxy) is 1. The number of hydrogen-bond acceptors (Lipinski definition) is 4. The summed E-state index contributed by atoms with van der Waals surface area (Å²) in [6, 6.07) is 0. The number of terminal acetylenes is 1. The molecule has 1 amide bonds. The first-order valence-electron chi connectivity index (χ1n) is 4.37. The van der Waals surface area contributed by atoms with Gasteiger partial charge in [0.1, 0.15) is 6.61 Å². The average Bonchev–Trinajstić information content (AvgIpc) is 2.18. The Morgan fingerprint density at radius 1 is 1.64 bits per heavy atom. The molecule has 0 bridgehead atoms. The largest absolute Gasteiger partial charge is 0.370 e. The molecule has 0 saturated carbocycles. The number of thioether (sulfide) groups is 1. The smallest absolute Gasteiger partial charge is 0.246 e. The van der Waals surface area contributed by atoms with E-state index >= 15 is 0 Å². The van der Waals surface area contributed by atoms with Crippen LogP contribution in [0.25, 0.3) is 0 Å². The highest BCUT2D eigenvalue weighted by atomic mass is 32.2. The van der Waals surface area contributed by atoms with Crippen molar-refractivity contribution in [1.82, 2.24) is 5.32 Å². The average molecular weight is 216 g/mol. The van der Waals surface area contributed by atoms with Crippen LogP contribution in [0.2, 0.25) is 0 Å². The fraction of sp³-hybridized carbons (Fsp3) is 0.667. The van der Waals surface area contributed by atoms with Crippen molar-refractivity contribution in [1.29, 1.82) is 0 Å². The molecule has 80 valence electrons. The maximum Gasteiger partial charge on any atom is 0.246 e. The third kappa shape index (κ3) is 9.39. The van der Waals surface area contributed by atoms with Crippen molar-refractivity contribution in [2.45, 2.75) is 0 Å². The molecular weight excluding hydrogens is 200 g/mol. The molecule has 0 atom stereocenters. The molecule has 0 aliphatic rings. The van der Waals surface area contributed by atoms with Gasteiger partial charge < -0.3 is 15.8 Å². The lowest BCUT2D eigenvalue weighted by atomic mass is 10.6. The summed E-state index contributed by atoms with van der Waals surface area (Å²) in [6.45, 7) is 1.55. The van der Waals surface area contributed by atoms with Gasteiger partial charge >= 0.3 is 0 Å². The van der Waals surface area contributed by atoms with Gasteiger partial charge in [-0.05, 0) is 0 Å². The van der Waals surface area contributed by atoms with Gasteiger partial charge in [-0.2, -0.15) is 0 Å². The van der Waals surface area contributed by atoms with Gasteiger partial charge in [0.2, 0.25) is 5.91 Å². The van der Waals surface area contributed by atoms with Crippen molar-refractivity contribution in [3.8, 4) is 12.3 Å².